The lowest BCUT2D eigenvalue weighted by molar-refractivity contribution is -0.137. The lowest BCUT2D eigenvalue weighted by atomic mass is 9.87. The highest BCUT2D eigenvalue weighted by molar-refractivity contribution is 7.47. The van der Waals surface area contributed by atoms with Crippen LogP contribution in [0.3, 0.4) is 0 Å². The van der Waals surface area contributed by atoms with E-state index in [1.165, 1.54) is 0 Å². The molecule has 0 rings (SSSR count). The van der Waals surface area contributed by atoms with Gasteiger partial charge in [0.2, 0.25) is 5.91 Å². The van der Waals surface area contributed by atoms with Gasteiger partial charge in [0.25, 0.3) is 0 Å². The molecule has 0 radical (unpaired) electrons. The van der Waals surface area contributed by atoms with Gasteiger partial charge in [-0.05, 0) is 32.6 Å². The maximum absolute atomic E-state index is 12.0. The van der Waals surface area contributed by atoms with Crippen LogP contribution in [0.25, 0.3) is 0 Å². The summed E-state index contributed by atoms with van der Waals surface area (Å²) in [6.45, 7) is 14.4. The molecule has 0 spiro atoms. The predicted molar refractivity (Wildman–Crippen MR) is 100 cm³/mol. The number of hydrogen-bond donors (Lipinski definition) is 3. The predicted octanol–water partition coefficient (Wildman–Crippen LogP) is 3.49. The van der Waals surface area contributed by atoms with Crippen molar-refractivity contribution in [2.75, 3.05) is 13.2 Å². The fourth-order valence-corrected chi connectivity index (χ4v) is 2.95. The first-order valence-corrected chi connectivity index (χ1v) is 9.59. The van der Waals surface area contributed by atoms with Crippen LogP contribution in [-0.2, 0) is 18.4 Å². The van der Waals surface area contributed by atoms with Crippen LogP contribution in [-0.4, -0.2) is 40.8 Å². The highest BCUT2D eigenvalue weighted by Crippen LogP contribution is 2.48. The molecule has 2 atom stereocenters. The van der Waals surface area contributed by atoms with Gasteiger partial charge in [0, 0.05) is 12.0 Å². The van der Waals surface area contributed by atoms with Crippen molar-refractivity contribution in [3.63, 3.8) is 0 Å². The van der Waals surface area contributed by atoms with E-state index in [1.807, 2.05) is 0 Å². The Hall–Kier alpha value is -0.460. The average Bonchev–Trinajstić information content (AvgIpc) is 2.31. The molecule has 0 aromatic rings. The minimum absolute atomic E-state index is 0. The molecule has 8 heteroatoms. The zero-order valence-electron chi connectivity index (χ0n) is 16.2. The summed E-state index contributed by atoms with van der Waals surface area (Å²) in [6.07, 6.45) is -0.597. The second-order valence-electron chi connectivity index (χ2n) is 8.94. The van der Waals surface area contributed by atoms with Gasteiger partial charge in [-0.3, -0.25) is 13.8 Å². The maximum atomic E-state index is 12.0. The third-order valence-corrected chi connectivity index (χ3v) is 4.39. The van der Waals surface area contributed by atoms with Gasteiger partial charge >= 0.3 is 7.82 Å². The Labute approximate surface area is 153 Å². The summed E-state index contributed by atoms with van der Waals surface area (Å²) in [7, 11) is -4.27. The minimum Gasteiger partial charge on any atom is -0.383 e. The summed E-state index contributed by atoms with van der Waals surface area (Å²) in [6, 6.07) is 0. The summed E-state index contributed by atoms with van der Waals surface area (Å²) < 4.78 is 21.8. The van der Waals surface area contributed by atoms with Gasteiger partial charge in [0.05, 0.1) is 12.2 Å². The Morgan fingerprint density at radius 1 is 1.12 bits per heavy atom. The van der Waals surface area contributed by atoms with E-state index in [1.54, 1.807) is 34.6 Å². The van der Waals surface area contributed by atoms with Crippen molar-refractivity contribution in [2.45, 2.75) is 80.9 Å². The summed E-state index contributed by atoms with van der Waals surface area (Å²) in [5, 5.41) is 12.9. The van der Waals surface area contributed by atoms with E-state index < -0.39 is 30.8 Å². The SMILES string of the molecule is C.CC(C)(C)CCNC(=O)[C@@H](O)C(C)(C)COP(=O)(O)OC(C)(C)C. The van der Waals surface area contributed by atoms with Crippen molar-refractivity contribution in [3.8, 4) is 0 Å². The molecule has 0 heterocycles. The quantitative estimate of drug-likeness (QED) is 0.554. The van der Waals surface area contributed by atoms with Crippen molar-refractivity contribution < 1.29 is 28.4 Å². The first-order chi connectivity index (χ1) is 10.5. The van der Waals surface area contributed by atoms with E-state index in [0.29, 0.717) is 6.54 Å². The molecule has 0 saturated heterocycles. The number of rotatable bonds is 8. The van der Waals surface area contributed by atoms with Crippen molar-refractivity contribution in [3.05, 3.63) is 0 Å². The molecule has 25 heavy (non-hydrogen) atoms. The lowest BCUT2D eigenvalue weighted by Crippen LogP contribution is -2.46. The van der Waals surface area contributed by atoms with Crippen LogP contribution in [0.1, 0.15) is 69.2 Å². The van der Waals surface area contributed by atoms with Gasteiger partial charge in [-0.2, -0.15) is 0 Å². The number of carbonyl (C=O) groups is 1. The molecule has 0 bridgehead atoms. The standard InChI is InChI=1S/C16H34NO6P.CH4/c1-14(2,3)9-10-17-13(19)12(18)16(7,8)11-22-24(20,21)23-15(4,5)6;/h12,18H,9-11H2,1-8H3,(H,17,19)(H,20,21);1H4/t12-;/m1./s1. The van der Waals surface area contributed by atoms with Gasteiger partial charge in [-0.25, -0.2) is 4.57 Å². The van der Waals surface area contributed by atoms with Crippen LogP contribution in [0.2, 0.25) is 0 Å². The number of aliphatic hydroxyl groups is 1. The Bertz CT molecular complexity index is 465. The number of hydrogen-bond acceptors (Lipinski definition) is 5. The molecule has 152 valence electrons. The number of carbonyl (C=O) groups excluding carboxylic acids is 1. The van der Waals surface area contributed by atoms with E-state index in [9.17, 15) is 19.4 Å². The molecular weight excluding hydrogens is 345 g/mol. The van der Waals surface area contributed by atoms with Gasteiger partial charge < -0.3 is 15.3 Å². The van der Waals surface area contributed by atoms with Crippen LogP contribution in [0, 0.1) is 10.8 Å². The minimum atomic E-state index is -4.27. The highest BCUT2D eigenvalue weighted by atomic mass is 31.2. The summed E-state index contributed by atoms with van der Waals surface area (Å²) >= 11 is 0. The summed E-state index contributed by atoms with van der Waals surface area (Å²) in [4.78, 5) is 21.7. The zero-order valence-corrected chi connectivity index (χ0v) is 17.1. The number of aliphatic hydroxyl groups excluding tert-OH is 1. The second-order valence-corrected chi connectivity index (χ2v) is 10.3. The Morgan fingerprint density at radius 2 is 1.60 bits per heavy atom. The fraction of sp³-hybridized carbons (Fsp3) is 0.941. The summed E-state index contributed by atoms with van der Waals surface area (Å²) in [5.74, 6) is -0.530. The molecule has 1 amide bonds. The van der Waals surface area contributed by atoms with Crippen LogP contribution >= 0.6 is 7.82 Å². The van der Waals surface area contributed by atoms with E-state index in [2.05, 4.69) is 26.1 Å². The monoisotopic (exact) mass is 383 g/mol. The smallest absolute Gasteiger partial charge is 0.383 e. The number of amides is 1. The van der Waals surface area contributed by atoms with Crippen molar-refractivity contribution in [1.29, 1.82) is 0 Å². The molecule has 1 unspecified atom stereocenters. The van der Waals surface area contributed by atoms with Crippen molar-refractivity contribution in [1.82, 2.24) is 5.32 Å². The van der Waals surface area contributed by atoms with Gasteiger partial charge in [-0.15, -0.1) is 0 Å². The first kappa shape index (κ1) is 26.8. The molecule has 0 aliphatic rings. The third kappa shape index (κ3) is 12.5. The molecule has 3 N–H and O–H groups in total. The van der Waals surface area contributed by atoms with Gasteiger partial charge in [0.15, 0.2) is 0 Å². The molecule has 0 aliphatic carbocycles. The van der Waals surface area contributed by atoms with E-state index in [-0.39, 0.29) is 19.4 Å². The van der Waals surface area contributed by atoms with Crippen LogP contribution in [0.4, 0.5) is 0 Å². The van der Waals surface area contributed by atoms with Crippen LogP contribution in [0.15, 0.2) is 0 Å². The number of phosphoric ester groups is 1. The number of nitrogens with one attached hydrogen (secondary N) is 1. The van der Waals surface area contributed by atoms with Gasteiger partial charge in [-0.1, -0.05) is 42.0 Å². The summed E-state index contributed by atoms with van der Waals surface area (Å²) in [5.41, 5.74) is -1.83. The van der Waals surface area contributed by atoms with Crippen molar-refractivity contribution in [2.24, 2.45) is 10.8 Å². The molecule has 7 nitrogen and oxygen atoms in total. The number of phosphoric acid groups is 1. The maximum Gasteiger partial charge on any atom is 0.472 e. The largest absolute Gasteiger partial charge is 0.472 e. The molecule has 0 saturated carbocycles. The van der Waals surface area contributed by atoms with Crippen LogP contribution < -0.4 is 5.32 Å². The Morgan fingerprint density at radius 3 is 2.00 bits per heavy atom. The van der Waals surface area contributed by atoms with E-state index in [0.717, 1.165) is 6.42 Å². The third-order valence-electron chi connectivity index (χ3n) is 3.15. The lowest BCUT2D eigenvalue weighted by Gasteiger charge is -2.31. The fourth-order valence-electron chi connectivity index (χ4n) is 1.71. The van der Waals surface area contributed by atoms with Gasteiger partial charge in [0.1, 0.15) is 6.10 Å². The normalized spacial score (nSPS) is 16.6. The Balaban J connectivity index is 0. The van der Waals surface area contributed by atoms with Crippen LogP contribution in [0.5, 0.6) is 0 Å². The zero-order chi connectivity index (χ0) is 19.4. The van der Waals surface area contributed by atoms with E-state index in [4.69, 9.17) is 9.05 Å². The Kier molecular flexibility index (Phi) is 10.1. The highest BCUT2D eigenvalue weighted by Gasteiger charge is 2.38. The first-order valence-electron chi connectivity index (χ1n) is 8.09. The molecule has 0 aromatic carbocycles. The molecule has 0 fully saturated rings. The van der Waals surface area contributed by atoms with Crippen molar-refractivity contribution >= 4 is 13.7 Å². The average molecular weight is 383 g/mol. The second kappa shape index (κ2) is 9.47. The topological polar surface area (TPSA) is 105 Å². The molecule has 0 aromatic heterocycles. The molecular formula is C17H38NO6P. The molecule has 0 aliphatic heterocycles. The van der Waals surface area contributed by atoms with E-state index >= 15 is 0 Å².